The minimum absolute atomic E-state index is 0.0610. The summed E-state index contributed by atoms with van der Waals surface area (Å²) in [5.74, 6) is -4.23. The van der Waals surface area contributed by atoms with E-state index in [-0.39, 0.29) is 41.6 Å². The van der Waals surface area contributed by atoms with Gasteiger partial charge in [-0.05, 0) is 37.1 Å². The summed E-state index contributed by atoms with van der Waals surface area (Å²) < 4.78 is 11.2. The number of guanidine groups is 1. The number of nitrogens with two attached hydrogens (primary N) is 2. The first-order chi connectivity index (χ1) is 16.2. The number of amides is 1. The summed E-state index contributed by atoms with van der Waals surface area (Å²) in [5.41, 5.74) is 11.7. The van der Waals surface area contributed by atoms with Crippen molar-refractivity contribution in [2.75, 3.05) is 6.61 Å². The predicted octanol–water partition coefficient (Wildman–Crippen LogP) is 0.793. The van der Waals surface area contributed by atoms with Crippen molar-refractivity contribution in [3.8, 4) is 11.5 Å². The predicted molar refractivity (Wildman–Crippen MR) is 118 cm³/mol. The van der Waals surface area contributed by atoms with Gasteiger partial charge in [-0.25, -0.2) is 14.6 Å². The van der Waals surface area contributed by atoms with Gasteiger partial charge in [-0.15, -0.1) is 0 Å². The van der Waals surface area contributed by atoms with Gasteiger partial charge in [0.1, 0.15) is 23.1 Å². The van der Waals surface area contributed by atoms with Crippen LogP contribution in [0.2, 0.25) is 0 Å². The van der Waals surface area contributed by atoms with Crippen LogP contribution < -0.4 is 26.3 Å². The van der Waals surface area contributed by atoms with Crippen molar-refractivity contribution in [3.05, 3.63) is 53.1 Å². The summed E-state index contributed by atoms with van der Waals surface area (Å²) in [5, 5.41) is 20.3. The summed E-state index contributed by atoms with van der Waals surface area (Å²) >= 11 is 0. The lowest BCUT2D eigenvalue weighted by Crippen LogP contribution is -2.42. The molecule has 12 nitrogen and oxygen atoms in total. The summed E-state index contributed by atoms with van der Waals surface area (Å²) in [6.45, 7) is 0.178. The molecule has 0 radical (unpaired) electrons. The zero-order valence-electron chi connectivity index (χ0n) is 17.8. The Kier molecular flexibility index (Phi) is 7.31. The Morgan fingerprint density at radius 1 is 1.12 bits per heavy atom. The van der Waals surface area contributed by atoms with Crippen LogP contribution in [-0.2, 0) is 16.0 Å². The molecule has 3 rings (SSSR count). The van der Waals surface area contributed by atoms with E-state index < -0.39 is 36.3 Å². The van der Waals surface area contributed by atoms with Gasteiger partial charge in [-0.3, -0.25) is 9.59 Å². The summed E-state index contributed by atoms with van der Waals surface area (Å²) in [7, 11) is 0. The SMILES string of the molecule is NC(N)=Nc1ccc2c(c1)OCCCc1c(cccc1C(=O)NC(CC(=O)O)C(=O)O)OC2=O. The third-order valence-corrected chi connectivity index (χ3v) is 4.83. The molecule has 7 N–H and O–H groups in total. The van der Waals surface area contributed by atoms with E-state index in [4.69, 9.17) is 26.0 Å². The van der Waals surface area contributed by atoms with Gasteiger partial charge in [-0.2, -0.15) is 0 Å². The second kappa shape index (κ2) is 10.3. The molecular formula is C22H22N4O8. The molecule has 0 saturated carbocycles. The fraction of sp³-hybridized carbons (Fsp3) is 0.227. The number of carboxylic acid groups (broad SMARTS) is 2. The number of nitrogens with zero attached hydrogens (tertiary/aromatic N) is 1. The number of aliphatic imine (C=N–C) groups is 1. The van der Waals surface area contributed by atoms with Crippen LogP contribution in [-0.4, -0.2) is 52.6 Å². The second-order valence-corrected chi connectivity index (χ2v) is 7.30. The fourth-order valence-corrected chi connectivity index (χ4v) is 3.35. The van der Waals surface area contributed by atoms with Crippen molar-refractivity contribution in [3.63, 3.8) is 0 Å². The molecule has 12 heteroatoms. The Morgan fingerprint density at radius 2 is 1.88 bits per heavy atom. The summed E-state index contributed by atoms with van der Waals surface area (Å²) in [4.78, 5) is 51.8. The molecule has 1 atom stereocenters. The van der Waals surface area contributed by atoms with E-state index in [0.717, 1.165) is 0 Å². The Hall–Kier alpha value is -4.61. The van der Waals surface area contributed by atoms with Gasteiger partial charge in [0.05, 0.1) is 18.7 Å². The van der Waals surface area contributed by atoms with Gasteiger partial charge in [0.15, 0.2) is 5.96 Å². The maximum Gasteiger partial charge on any atom is 0.347 e. The van der Waals surface area contributed by atoms with E-state index in [2.05, 4.69) is 10.3 Å². The van der Waals surface area contributed by atoms with Crippen molar-refractivity contribution in [1.29, 1.82) is 0 Å². The third-order valence-electron chi connectivity index (χ3n) is 4.83. The van der Waals surface area contributed by atoms with Gasteiger partial charge >= 0.3 is 17.9 Å². The highest BCUT2D eigenvalue weighted by Crippen LogP contribution is 2.31. The highest BCUT2D eigenvalue weighted by atomic mass is 16.5. The van der Waals surface area contributed by atoms with Crippen LogP contribution in [0.25, 0.3) is 0 Å². The molecule has 0 bridgehead atoms. The van der Waals surface area contributed by atoms with E-state index in [1.807, 2.05) is 0 Å². The number of carbonyl (C=O) groups excluding carboxylic acids is 2. The van der Waals surface area contributed by atoms with Crippen molar-refractivity contribution < 1.29 is 38.9 Å². The highest BCUT2D eigenvalue weighted by Gasteiger charge is 2.27. The number of esters is 1. The van der Waals surface area contributed by atoms with E-state index in [1.165, 1.54) is 36.4 Å². The van der Waals surface area contributed by atoms with Crippen LogP contribution in [0.4, 0.5) is 5.69 Å². The topological polar surface area (TPSA) is 204 Å². The maximum absolute atomic E-state index is 12.9. The van der Waals surface area contributed by atoms with E-state index >= 15 is 0 Å². The molecule has 2 aromatic carbocycles. The molecule has 1 heterocycles. The molecule has 1 aliphatic heterocycles. The fourth-order valence-electron chi connectivity index (χ4n) is 3.35. The van der Waals surface area contributed by atoms with Crippen LogP contribution in [0.15, 0.2) is 41.4 Å². The molecule has 0 aliphatic carbocycles. The van der Waals surface area contributed by atoms with Gasteiger partial charge in [0, 0.05) is 17.2 Å². The van der Waals surface area contributed by atoms with Crippen molar-refractivity contribution in [2.45, 2.75) is 25.3 Å². The Morgan fingerprint density at radius 3 is 2.56 bits per heavy atom. The Bertz CT molecular complexity index is 1170. The summed E-state index contributed by atoms with van der Waals surface area (Å²) in [6.07, 6.45) is -0.123. The smallest absolute Gasteiger partial charge is 0.347 e. The first-order valence-corrected chi connectivity index (χ1v) is 10.1. The average molecular weight is 470 g/mol. The number of fused-ring (bicyclic) bond motifs is 2. The highest BCUT2D eigenvalue weighted by molar-refractivity contribution is 6.00. The quantitative estimate of drug-likeness (QED) is 0.174. The number of nitrogens with one attached hydrogen (secondary N) is 1. The largest absolute Gasteiger partial charge is 0.493 e. The first-order valence-electron chi connectivity index (χ1n) is 10.1. The lowest BCUT2D eigenvalue weighted by molar-refractivity contribution is -0.145. The Balaban J connectivity index is 1.93. The second-order valence-electron chi connectivity index (χ2n) is 7.30. The molecule has 178 valence electrons. The molecule has 0 aromatic heterocycles. The summed E-state index contributed by atoms with van der Waals surface area (Å²) in [6, 6.07) is 7.23. The van der Waals surface area contributed by atoms with Crippen molar-refractivity contribution in [1.82, 2.24) is 5.32 Å². The molecule has 0 saturated heterocycles. The Labute approximate surface area is 193 Å². The average Bonchev–Trinajstić information content (AvgIpc) is 2.75. The maximum atomic E-state index is 12.9. The zero-order valence-corrected chi connectivity index (χ0v) is 17.8. The van der Waals surface area contributed by atoms with Crippen LogP contribution >= 0.6 is 0 Å². The van der Waals surface area contributed by atoms with Crippen LogP contribution in [0.1, 0.15) is 39.1 Å². The molecule has 0 spiro atoms. The minimum Gasteiger partial charge on any atom is -0.493 e. The van der Waals surface area contributed by atoms with Crippen LogP contribution in [0, 0.1) is 0 Å². The number of carboxylic acids is 2. The number of hydrogen-bond donors (Lipinski definition) is 5. The molecule has 1 aliphatic rings. The van der Waals surface area contributed by atoms with Crippen molar-refractivity contribution in [2.24, 2.45) is 16.5 Å². The first kappa shape index (κ1) is 24.0. The lowest BCUT2D eigenvalue weighted by atomic mass is 10.00. The minimum atomic E-state index is -1.63. The molecule has 1 unspecified atom stereocenters. The number of hydrogen-bond acceptors (Lipinski definition) is 7. The number of rotatable bonds is 6. The molecule has 0 fully saturated rings. The number of carbonyl (C=O) groups is 4. The number of ether oxygens (including phenoxy) is 2. The van der Waals surface area contributed by atoms with Gasteiger partial charge in [0.2, 0.25) is 0 Å². The third kappa shape index (κ3) is 5.79. The van der Waals surface area contributed by atoms with Gasteiger partial charge in [0.25, 0.3) is 5.91 Å². The standard InChI is InChI=1S/C22H22N4O8/c23-22(24)25-11-6-7-14-17(9-11)33-8-2-4-12-13(3-1-5-16(12)34-21(14)32)19(29)26-15(20(30)31)10-18(27)28/h1,3,5-7,9,15H,2,4,8,10H2,(H,26,29)(H,27,28)(H,30,31)(H4,23,24,25). The molecular weight excluding hydrogens is 448 g/mol. The van der Waals surface area contributed by atoms with Gasteiger partial charge in [-0.1, -0.05) is 6.07 Å². The molecule has 1 amide bonds. The van der Waals surface area contributed by atoms with E-state index in [0.29, 0.717) is 17.7 Å². The molecule has 2 aromatic rings. The number of aliphatic carboxylic acids is 2. The number of benzene rings is 2. The normalized spacial score (nSPS) is 13.7. The molecule has 34 heavy (non-hydrogen) atoms. The van der Waals surface area contributed by atoms with Crippen LogP contribution in [0.5, 0.6) is 11.5 Å². The van der Waals surface area contributed by atoms with Crippen LogP contribution in [0.3, 0.4) is 0 Å². The lowest BCUT2D eigenvalue weighted by Gasteiger charge is -2.19. The van der Waals surface area contributed by atoms with E-state index in [9.17, 15) is 24.3 Å². The van der Waals surface area contributed by atoms with Gasteiger partial charge < -0.3 is 36.5 Å². The van der Waals surface area contributed by atoms with Crippen molar-refractivity contribution >= 4 is 35.5 Å². The van der Waals surface area contributed by atoms with E-state index in [1.54, 1.807) is 0 Å². The monoisotopic (exact) mass is 470 g/mol. The zero-order chi connectivity index (χ0) is 24.8.